The van der Waals surface area contributed by atoms with Crippen LogP contribution in [0.1, 0.15) is 32.1 Å². The van der Waals surface area contributed by atoms with Crippen LogP contribution in [0.3, 0.4) is 0 Å². The van der Waals surface area contributed by atoms with Crippen molar-refractivity contribution in [1.82, 2.24) is 10.3 Å². The summed E-state index contributed by atoms with van der Waals surface area (Å²) in [7, 11) is 0. The van der Waals surface area contributed by atoms with Gasteiger partial charge in [0.1, 0.15) is 0 Å². The van der Waals surface area contributed by atoms with Gasteiger partial charge in [0.05, 0.1) is 5.52 Å². The molecule has 1 amide bonds. The topological polar surface area (TPSA) is 54.0 Å². The fraction of sp³-hybridized carbons (Fsp3) is 0.444. The van der Waals surface area contributed by atoms with Gasteiger partial charge in [0, 0.05) is 41.3 Å². The fourth-order valence-electron chi connectivity index (χ4n) is 3.17. The third-order valence-electron chi connectivity index (χ3n) is 4.42. The molecule has 0 aliphatic heterocycles. The first-order valence-corrected chi connectivity index (χ1v) is 8.68. The molecule has 5 heteroatoms. The third-order valence-corrected chi connectivity index (χ3v) is 4.66. The van der Waals surface area contributed by atoms with Gasteiger partial charge in [-0.05, 0) is 37.1 Å². The number of rotatable bonds is 5. The summed E-state index contributed by atoms with van der Waals surface area (Å²) in [5.74, 6) is 0.422. The lowest BCUT2D eigenvalue weighted by atomic mass is 9.89. The van der Waals surface area contributed by atoms with E-state index >= 15 is 0 Å². The maximum absolute atomic E-state index is 12.1. The normalized spacial score (nSPS) is 15.5. The summed E-state index contributed by atoms with van der Waals surface area (Å²) in [6.45, 7) is 1.33. The molecule has 0 bridgehead atoms. The molecule has 1 aliphatic rings. The van der Waals surface area contributed by atoms with Crippen LogP contribution in [0.15, 0.2) is 30.5 Å². The van der Waals surface area contributed by atoms with Gasteiger partial charge in [-0.1, -0.05) is 30.9 Å². The molecule has 4 nitrogen and oxygen atoms in total. The van der Waals surface area contributed by atoms with Crippen LogP contribution in [0.25, 0.3) is 10.9 Å². The average molecular weight is 332 g/mol. The molecule has 1 aromatic carbocycles. The number of nitrogens with one attached hydrogen (secondary N) is 2. The van der Waals surface area contributed by atoms with E-state index in [-0.39, 0.29) is 11.8 Å². The highest BCUT2D eigenvalue weighted by molar-refractivity contribution is 6.31. The number of amides is 1. The van der Waals surface area contributed by atoms with E-state index < -0.39 is 0 Å². The molecule has 0 saturated heterocycles. The molecular weight excluding hydrogens is 310 g/mol. The Morgan fingerprint density at radius 2 is 2.00 bits per heavy atom. The number of hydrogen-bond donors (Lipinski definition) is 2. The van der Waals surface area contributed by atoms with Crippen molar-refractivity contribution in [1.29, 1.82) is 0 Å². The SMILES string of the molecule is O=C(NCCNc1ccnc2cc(Cl)ccc12)C1CCCCC1. The summed E-state index contributed by atoms with van der Waals surface area (Å²) < 4.78 is 0. The van der Waals surface area contributed by atoms with E-state index in [0.29, 0.717) is 18.1 Å². The van der Waals surface area contributed by atoms with Crippen LogP contribution in [-0.4, -0.2) is 24.0 Å². The molecule has 1 fully saturated rings. The van der Waals surface area contributed by atoms with Gasteiger partial charge in [0.15, 0.2) is 0 Å². The highest BCUT2D eigenvalue weighted by atomic mass is 35.5. The van der Waals surface area contributed by atoms with Crippen LogP contribution in [0, 0.1) is 5.92 Å². The molecule has 122 valence electrons. The van der Waals surface area contributed by atoms with E-state index in [1.807, 2.05) is 24.3 Å². The maximum atomic E-state index is 12.1. The van der Waals surface area contributed by atoms with Crippen molar-refractivity contribution >= 4 is 34.1 Å². The number of halogens is 1. The molecule has 0 spiro atoms. The van der Waals surface area contributed by atoms with Gasteiger partial charge in [-0.25, -0.2) is 0 Å². The lowest BCUT2D eigenvalue weighted by Gasteiger charge is -2.20. The predicted octanol–water partition coefficient (Wildman–Crippen LogP) is 4.00. The second kappa shape index (κ2) is 7.64. The summed E-state index contributed by atoms with van der Waals surface area (Å²) in [5, 5.41) is 8.13. The molecule has 23 heavy (non-hydrogen) atoms. The summed E-state index contributed by atoms with van der Waals surface area (Å²) in [4.78, 5) is 16.4. The number of hydrogen-bond acceptors (Lipinski definition) is 3. The van der Waals surface area contributed by atoms with E-state index in [1.165, 1.54) is 19.3 Å². The Bertz CT molecular complexity index is 683. The lowest BCUT2D eigenvalue weighted by Crippen LogP contribution is -2.34. The Morgan fingerprint density at radius 1 is 1.17 bits per heavy atom. The highest BCUT2D eigenvalue weighted by Crippen LogP contribution is 2.24. The van der Waals surface area contributed by atoms with Crippen molar-refractivity contribution < 1.29 is 4.79 Å². The monoisotopic (exact) mass is 331 g/mol. The molecule has 0 atom stereocenters. The van der Waals surface area contributed by atoms with Crippen LogP contribution >= 0.6 is 11.6 Å². The molecule has 0 unspecified atom stereocenters. The number of anilines is 1. The van der Waals surface area contributed by atoms with E-state index in [9.17, 15) is 4.79 Å². The summed E-state index contributed by atoms with van der Waals surface area (Å²) in [5.41, 5.74) is 1.88. The molecule has 1 aromatic heterocycles. The second-order valence-electron chi connectivity index (χ2n) is 6.07. The van der Waals surface area contributed by atoms with Gasteiger partial charge in [-0.2, -0.15) is 0 Å². The van der Waals surface area contributed by atoms with Gasteiger partial charge in [-0.3, -0.25) is 9.78 Å². The molecule has 1 saturated carbocycles. The zero-order valence-corrected chi connectivity index (χ0v) is 13.9. The van der Waals surface area contributed by atoms with Gasteiger partial charge >= 0.3 is 0 Å². The second-order valence-corrected chi connectivity index (χ2v) is 6.51. The van der Waals surface area contributed by atoms with E-state index in [1.54, 1.807) is 6.20 Å². The predicted molar refractivity (Wildman–Crippen MR) is 94.8 cm³/mol. The zero-order chi connectivity index (χ0) is 16.1. The van der Waals surface area contributed by atoms with Crippen LogP contribution in [0.4, 0.5) is 5.69 Å². The van der Waals surface area contributed by atoms with Crippen LogP contribution in [-0.2, 0) is 4.79 Å². The van der Waals surface area contributed by atoms with Crippen molar-refractivity contribution in [2.24, 2.45) is 5.92 Å². The molecule has 1 aliphatic carbocycles. The highest BCUT2D eigenvalue weighted by Gasteiger charge is 2.20. The number of pyridine rings is 1. The Balaban J connectivity index is 1.52. The van der Waals surface area contributed by atoms with Crippen LogP contribution in [0.2, 0.25) is 5.02 Å². The molecule has 2 N–H and O–H groups in total. The van der Waals surface area contributed by atoms with E-state index in [2.05, 4.69) is 15.6 Å². The number of carbonyl (C=O) groups excluding carboxylic acids is 1. The van der Waals surface area contributed by atoms with E-state index in [4.69, 9.17) is 11.6 Å². The summed E-state index contributed by atoms with van der Waals surface area (Å²) in [6, 6.07) is 7.63. The zero-order valence-electron chi connectivity index (χ0n) is 13.1. The minimum absolute atomic E-state index is 0.206. The number of aromatic nitrogens is 1. The van der Waals surface area contributed by atoms with Crippen molar-refractivity contribution in [3.05, 3.63) is 35.5 Å². The van der Waals surface area contributed by atoms with Crippen LogP contribution in [0.5, 0.6) is 0 Å². The minimum Gasteiger partial charge on any atom is -0.383 e. The first-order valence-electron chi connectivity index (χ1n) is 8.30. The number of nitrogens with zero attached hydrogens (tertiary/aromatic N) is 1. The molecule has 3 rings (SSSR count). The van der Waals surface area contributed by atoms with Gasteiger partial charge in [-0.15, -0.1) is 0 Å². The first kappa shape index (κ1) is 16.1. The molecule has 0 radical (unpaired) electrons. The number of carbonyl (C=O) groups is 1. The van der Waals surface area contributed by atoms with Crippen molar-refractivity contribution in [2.75, 3.05) is 18.4 Å². The maximum Gasteiger partial charge on any atom is 0.223 e. The molecule has 2 aromatic rings. The van der Waals surface area contributed by atoms with Gasteiger partial charge < -0.3 is 10.6 Å². The summed E-state index contributed by atoms with van der Waals surface area (Å²) >= 11 is 6.00. The Morgan fingerprint density at radius 3 is 2.83 bits per heavy atom. The van der Waals surface area contributed by atoms with Crippen molar-refractivity contribution in [2.45, 2.75) is 32.1 Å². The van der Waals surface area contributed by atoms with Crippen molar-refractivity contribution in [3.63, 3.8) is 0 Å². The molecular formula is C18H22ClN3O. The average Bonchev–Trinajstić information content (AvgIpc) is 2.59. The number of benzene rings is 1. The Kier molecular flexibility index (Phi) is 5.34. The Labute approximate surface area is 141 Å². The van der Waals surface area contributed by atoms with Gasteiger partial charge in [0.25, 0.3) is 0 Å². The Hall–Kier alpha value is -1.81. The van der Waals surface area contributed by atoms with Crippen molar-refractivity contribution in [3.8, 4) is 0 Å². The number of fused-ring (bicyclic) bond motifs is 1. The summed E-state index contributed by atoms with van der Waals surface area (Å²) in [6.07, 6.45) is 7.47. The van der Waals surface area contributed by atoms with Crippen LogP contribution < -0.4 is 10.6 Å². The fourth-order valence-corrected chi connectivity index (χ4v) is 3.33. The largest absolute Gasteiger partial charge is 0.383 e. The first-order chi connectivity index (χ1) is 11.2. The quantitative estimate of drug-likeness (QED) is 0.814. The standard InChI is InChI=1S/C18H22ClN3O/c19-14-6-7-15-16(8-9-20-17(15)12-14)21-10-11-22-18(23)13-4-2-1-3-5-13/h6-9,12-13H,1-5,10-11H2,(H,20,21)(H,22,23). The smallest absolute Gasteiger partial charge is 0.223 e. The van der Waals surface area contributed by atoms with E-state index in [0.717, 1.165) is 29.4 Å². The minimum atomic E-state index is 0.206. The molecule has 1 heterocycles. The lowest BCUT2D eigenvalue weighted by molar-refractivity contribution is -0.125. The van der Waals surface area contributed by atoms with Gasteiger partial charge in [0.2, 0.25) is 5.91 Å². The third kappa shape index (κ3) is 4.14.